The topological polar surface area (TPSA) is 75.7 Å². The maximum absolute atomic E-state index is 13.1. The summed E-state index contributed by atoms with van der Waals surface area (Å²) >= 11 is 5.68. The molecule has 4 rings (SSSR count). The van der Waals surface area contributed by atoms with Crippen LogP contribution in [0, 0.1) is 3.57 Å². The Balaban J connectivity index is 1.62. The van der Waals surface area contributed by atoms with Gasteiger partial charge in [-0.15, -0.1) is 0 Å². The Bertz CT molecular complexity index is 1060. The molecule has 2 aliphatic rings. The summed E-state index contributed by atoms with van der Waals surface area (Å²) in [6.07, 6.45) is 4.97. The summed E-state index contributed by atoms with van der Waals surface area (Å²) in [5.74, 6) is -0.698. The minimum Gasteiger partial charge on any atom is -0.488 e. The van der Waals surface area contributed by atoms with Crippen molar-refractivity contribution in [1.82, 2.24) is 10.2 Å². The van der Waals surface area contributed by atoms with Crippen LogP contribution in [0.5, 0.6) is 5.75 Å². The third kappa shape index (κ3) is 5.01. The highest BCUT2D eigenvalue weighted by Crippen LogP contribution is 2.30. The van der Waals surface area contributed by atoms with Gasteiger partial charge >= 0.3 is 6.03 Å². The maximum Gasteiger partial charge on any atom is 0.331 e. The second-order valence-electron chi connectivity index (χ2n) is 7.53. The number of rotatable bonds is 5. The number of urea groups is 1. The molecule has 8 heteroatoms. The summed E-state index contributed by atoms with van der Waals surface area (Å²) < 4.78 is 7.91. The van der Waals surface area contributed by atoms with Gasteiger partial charge in [-0.1, -0.05) is 40.9 Å². The monoisotopic (exact) mass is 594 g/mol. The standard InChI is InChI=1S/C23H20BrIN2O4/c24-16-7-10-20(31-13-14-5-8-17(25)9-6-14)15(11-16)12-19-21(28)26-23(30)27(22(19)29)18-3-1-2-4-18/h5-12,18H,1-4,13H2,(H,26,28,30)/b19-12+. The van der Waals surface area contributed by atoms with Gasteiger partial charge in [-0.3, -0.25) is 19.8 Å². The summed E-state index contributed by atoms with van der Waals surface area (Å²) in [7, 11) is 0. The molecule has 0 unspecified atom stereocenters. The van der Waals surface area contributed by atoms with Crippen molar-refractivity contribution in [3.8, 4) is 5.75 Å². The molecule has 1 heterocycles. The van der Waals surface area contributed by atoms with Crippen LogP contribution in [-0.4, -0.2) is 28.8 Å². The van der Waals surface area contributed by atoms with E-state index in [0.717, 1.165) is 39.3 Å². The van der Waals surface area contributed by atoms with Gasteiger partial charge in [0.25, 0.3) is 11.8 Å². The molecule has 160 valence electrons. The zero-order chi connectivity index (χ0) is 22.0. The number of amides is 4. The van der Waals surface area contributed by atoms with Crippen LogP contribution >= 0.6 is 38.5 Å². The summed E-state index contributed by atoms with van der Waals surface area (Å²) in [6.45, 7) is 0.349. The molecule has 2 fully saturated rings. The highest BCUT2D eigenvalue weighted by molar-refractivity contribution is 14.1. The fraction of sp³-hybridized carbons (Fsp3) is 0.261. The van der Waals surface area contributed by atoms with E-state index in [1.54, 1.807) is 12.1 Å². The molecule has 1 N–H and O–H groups in total. The predicted molar refractivity (Wildman–Crippen MR) is 128 cm³/mol. The summed E-state index contributed by atoms with van der Waals surface area (Å²) in [5, 5.41) is 2.31. The number of imide groups is 2. The lowest BCUT2D eigenvalue weighted by atomic mass is 10.0. The maximum atomic E-state index is 13.1. The fourth-order valence-corrected chi connectivity index (χ4v) is 4.56. The van der Waals surface area contributed by atoms with Gasteiger partial charge in [0.15, 0.2) is 0 Å². The molecule has 0 atom stereocenters. The summed E-state index contributed by atoms with van der Waals surface area (Å²) in [5.41, 5.74) is 1.52. The molecule has 0 aromatic heterocycles. The van der Waals surface area contributed by atoms with E-state index < -0.39 is 17.8 Å². The van der Waals surface area contributed by atoms with Crippen molar-refractivity contribution in [3.63, 3.8) is 0 Å². The van der Waals surface area contributed by atoms with E-state index in [1.807, 2.05) is 30.3 Å². The van der Waals surface area contributed by atoms with Crippen LogP contribution in [0.3, 0.4) is 0 Å². The second kappa shape index (κ2) is 9.52. The number of ether oxygens (including phenoxy) is 1. The molecule has 0 bridgehead atoms. The lowest BCUT2D eigenvalue weighted by Gasteiger charge is -2.31. The predicted octanol–water partition coefficient (Wildman–Crippen LogP) is 5.04. The van der Waals surface area contributed by atoms with E-state index in [2.05, 4.69) is 43.8 Å². The Hall–Kier alpha value is -2.20. The molecule has 0 radical (unpaired) electrons. The average molecular weight is 595 g/mol. The molecule has 2 aromatic carbocycles. The number of halogens is 2. The average Bonchev–Trinajstić information content (AvgIpc) is 3.26. The third-order valence-corrected chi connectivity index (χ3v) is 6.61. The van der Waals surface area contributed by atoms with Crippen molar-refractivity contribution >= 4 is 62.4 Å². The van der Waals surface area contributed by atoms with Gasteiger partial charge < -0.3 is 4.74 Å². The minimum absolute atomic E-state index is 0.0660. The Morgan fingerprint density at radius 2 is 1.81 bits per heavy atom. The van der Waals surface area contributed by atoms with Gasteiger partial charge in [-0.25, -0.2) is 4.79 Å². The number of carbonyl (C=O) groups excluding carboxylic acids is 3. The molecule has 1 aliphatic carbocycles. The van der Waals surface area contributed by atoms with Crippen LogP contribution < -0.4 is 10.1 Å². The number of nitrogens with one attached hydrogen (secondary N) is 1. The van der Waals surface area contributed by atoms with Crippen molar-refractivity contribution in [2.75, 3.05) is 0 Å². The Morgan fingerprint density at radius 1 is 1.10 bits per heavy atom. The zero-order valence-electron chi connectivity index (χ0n) is 16.6. The molecule has 0 spiro atoms. The van der Waals surface area contributed by atoms with Crippen LogP contribution in [0.1, 0.15) is 36.8 Å². The Labute approximate surface area is 202 Å². The first kappa shape index (κ1) is 22.0. The van der Waals surface area contributed by atoms with Crippen molar-refractivity contribution in [3.05, 3.63) is 67.2 Å². The number of carbonyl (C=O) groups is 3. The van der Waals surface area contributed by atoms with E-state index >= 15 is 0 Å². The van der Waals surface area contributed by atoms with Crippen LogP contribution in [0.4, 0.5) is 4.79 Å². The van der Waals surface area contributed by atoms with Crippen LogP contribution in [0.25, 0.3) is 6.08 Å². The van der Waals surface area contributed by atoms with Gasteiger partial charge in [0.1, 0.15) is 17.9 Å². The van der Waals surface area contributed by atoms with Gasteiger partial charge in [0.05, 0.1) is 0 Å². The fourth-order valence-electron chi connectivity index (χ4n) is 3.83. The highest BCUT2D eigenvalue weighted by atomic mass is 127. The van der Waals surface area contributed by atoms with Crippen LogP contribution in [0.15, 0.2) is 52.5 Å². The van der Waals surface area contributed by atoms with E-state index in [0.29, 0.717) is 17.9 Å². The highest BCUT2D eigenvalue weighted by Gasteiger charge is 2.40. The van der Waals surface area contributed by atoms with Gasteiger partial charge in [-0.2, -0.15) is 0 Å². The second-order valence-corrected chi connectivity index (χ2v) is 9.69. The van der Waals surface area contributed by atoms with Gasteiger partial charge in [0, 0.05) is 19.6 Å². The lowest BCUT2D eigenvalue weighted by molar-refractivity contribution is -0.131. The molecule has 6 nitrogen and oxygen atoms in total. The quantitative estimate of drug-likeness (QED) is 0.299. The van der Waals surface area contributed by atoms with Crippen molar-refractivity contribution in [2.45, 2.75) is 38.3 Å². The van der Waals surface area contributed by atoms with Crippen molar-refractivity contribution < 1.29 is 19.1 Å². The van der Waals surface area contributed by atoms with Crippen molar-refractivity contribution in [1.29, 1.82) is 0 Å². The molecule has 1 aliphatic heterocycles. The summed E-state index contributed by atoms with van der Waals surface area (Å²) in [6, 6.07) is 12.6. The third-order valence-electron chi connectivity index (χ3n) is 5.40. The minimum atomic E-state index is -0.687. The molecular formula is C23H20BrIN2O4. The van der Waals surface area contributed by atoms with Crippen LogP contribution in [-0.2, 0) is 16.2 Å². The molecule has 1 saturated carbocycles. The smallest absolute Gasteiger partial charge is 0.331 e. The van der Waals surface area contributed by atoms with E-state index in [9.17, 15) is 14.4 Å². The largest absolute Gasteiger partial charge is 0.488 e. The first-order valence-electron chi connectivity index (χ1n) is 10.00. The lowest BCUT2D eigenvalue weighted by Crippen LogP contribution is -2.57. The molecule has 1 saturated heterocycles. The number of barbiturate groups is 1. The van der Waals surface area contributed by atoms with Crippen LogP contribution in [0.2, 0.25) is 0 Å². The van der Waals surface area contributed by atoms with E-state index in [1.165, 1.54) is 11.0 Å². The normalized spacial score (nSPS) is 18.6. The number of hydrogen-bond donors (Lipinski definition) is 1. The van der Waals surface area contributed by atoms with Gasteiger partial charge in [0.2, 0.25) is 0 Å². The van der Waals surface area contributed by atoms with Crippen molar-refractivity contribution in [2.24, 2.45) is 0 Å². The molecule has 31 heavy (non-hydrogen) atoms. The molecule has 2 aromatic rings. The summed E-state index contributed by atoms with van der Waals surface area (Å²) in [4.78, 5) is 39.1. The number of hydrogen-bond acceptors (Lipinski definition) is 4. The SMILES string of the molecule is O=C1NC(=O)N(C2CCCC2)C(=O)/C1=C/c1cc(Br)ccc1OCc1ccc(I)cc1. The number of nitrogens with zero attached hydrogens (tertiary/aromatic N) is 1. The first-order chi connectivity index (χ1) is 14.9. The molecule has 4 amide bonds. The van der Waals surface area contributed by atoms with E-state index in [-0.39, 0.29) is 11.6 Å². The Kier molecular flexibility index (Phi) is 6.76. The molecular weight excluding hydrogens is 575 g/mol. The Morgan fingerprint density at radius 3 is 2.52 bits per heavy atom. The van der Waals surface area contributed by atoms with E-state index in [4.69, 9.17) is 4.74 Å². The number of benzene rings is 2. The van der Waals surface area contributed by atoms with Gasteiger partial charge in [-0.05, 0) is 77.4 Å². The zero-order valence-corrected chi connectivity index (χ0v) is 20.3. The first-order valence-corrected chi connectivity index (χ1v) is 11.9.